The van der Waals surface area contributed by atoms with Crippen molar-refractivity contribution >= 4 is 17.6 Å². The minimum Gasteiger partial charge on any atom is -0.469 e. The molecule has 0 heterocycles. The first kappa shape index (κ1) is 14.0. The Morgan fingerprint density at radius 2 is 2.06 bits per heavy atom. The number of hydrogen-bond acceptors (Lipinski definition) is 3. The van der Waals surface area contributed by atoms with E-state index in [0.717, 1.165) is 11.1 Å². The van der Waals surface area contributed by atoms with Crippen molar-refractivity contribution in [1.29, 1.82) is 0 Å². The Morgan fingerprint density at radius 3 is 2.53 bits per heavy atom. The van der Waals surface area contributed by atoms with Crippen molar-refractivity contribution in [3.63, 3.8) is 0 Å². The van der Waals surface area contributed by atoms with Crippen molar-refractivity contribution < 1.29 is 9.53 Å². The number of carbonyl (C=O) groups is 1. The molecule has 0 amide bonds. The van der Waals surface area contributed by atoms with Gasteiger partial charge in [-0.3, -0.25) is 4.79 Å². The number of nitrogens with two attached hydrogens (primary N) is 1. The molecule has 1 aromatic carbocycles. The van der Waals surface area contributed by atoms with Gasteiger partial charge in [0.05, 0.1) is 12.5 Å². The molecular weight excluding hydrogens is 238 g/mol. The fraction of sp³-hybridized carbons (Fsp3) is 0.462. The number of esters is 1. The van der Waals surface area contributed by atoms with E-state index in [4.69, 9.17) is 22.1 Å². The van der Waals surface area contributed by atoms with Crippen LogP contribution in [0, 0.1) is 12.3 Å². The van der Waals surface area contributed by atoms with Crippen LogP contribution in [0.1, 0.15) is 31.0 Å². The van der Waals surface area contributed by atoms with Crippen molar-refractivity contribution in [3.05, 3.63) is 34.3 Å². The quantitative estimate of drug-likeness (QED) is 0.845. The number of aryl methyl sites for hydroxylation is 1. The maximum absolute atomic E-state index is 11.7. The van der Waals surface area contributed by atoms with Gasteiger partial charge in [0.15, 0.2) is 0 Å². The lowest BCUT2D eigenvalue weighted by atomic mass is 9.79. The second kappa shape index (κ2) is 5.07. The van der Waals surface area contributed by atoms with Gasteiger partial charge in [0, 0.05) is 11.1 Å². The molecule has 3 nitrogen and oxygen atoms in total. The molecule has 1 rings (SSSR count). The zero-order valence-corrected chi connectivity index (χ0v) is 11.3. The highest BCUT2D eigenvalue weighted by Crippen LogP contribution is 2.37. The van der Waals surface area contributed by atoms with Crippen molar-refractivity contribution in [2.24, 2.45) is 11.1 Å². The Hall–Kier alpha value is -1.06. The molecule has 1 atom stereocenters. The maximum atomic E-state index is 11.7. The molecule has 0 radical (unpaired) electrons. The van der Waals surface area contributed by atoms with Crippen molar-refractivity contribution in [2.45, 2.75) is 26.8 Å². The summed E-state index contributed by atoms with van der Waals surface area (Å²) >= 11 is 6.15. The van der Waals surface area contributed by atoms with Gasteiger partial charge in [0.2, 0.25) is 0 Å². The summed E-state index contributed by atoms with van der Waals surface area (Å²) in [6, 6.07) is 5.06. The van der Waals surface area contributed by atoms with Gasteiger partial charge < -0.3 is 10.5 Å². The Morgan fingerprint density at radius 1 is 1.47 bits per heavy atom. The molecule has 17 heavy (non-hydrogen) atoms. The molecule has 0 aliphatic carbocycles. The van der Waals surface area contributed by atoms with E-state index >= 15 is 0 Å². The highest BCUT2D eigenvalue weighted by molar-refractivity contribution is 6.31. The van der Waals surface area contributed by atoms with Gasteiger partial charge in [-0.1, -0.05) is 23.7 Å². The number of methoxy groups -OCH3 is 1. The molecule has 0 aromatic heterocycles. The second-order valence-electron chi connectivity index (χ2n) is 4.66. The minimum atomic E-state index is -0.815. The van der Waals surface area contributed by atoms with Crippen LogP contribution in [0.2, 0.25) is 5.02 Å². The molecule has 0 aliphatic rings. The topological polar surface area (TPSA) is 52.3 Å². The Kier molecular flexibility index (Phi) is 4.17. The standard InChI is InChI=1S/C13H18ClNO2/c1-8-6-5-7-9(14)10(8)11(15)13(2,3)12(16)17-4/h5-7,11H,15H2,1-4H3/t11-/m1/s1. The minimum absolute atomic E-state index is 0.343. The van der Waals surface area contributed by atoms with Crippen LogP contribution in [0.4, 0.5) is 0 Å². The molecule has 0 fully saturated rings. The number of benzene rings is 1. The molecule has 0 aliphatic heterocycles. The van der Waals surface area contributed by atoms with Crippen LogP contribution in [-0.2, 0) is 9.53 Å². The highest BCUT2D eigenvalue weighted by Gasteiger charge is 2.38. The van der Waals surface area contributed by atoms with Gasteiger partial charge in [-0.15, -0.1) is 0 Å². The lowest BCUT2D eigenvalue weighted by Crippen LogP contribution is -2.37. The first-order chi connectivity index (χ1) is 7.82. The third kappa shape index (κ3) is 2.61. The lowest BCUT2D eigenvalue weighted by molar-refractivity contribution is -0.152. The zero-order chi connectivity index (χ0) is 13.2. The molecule has 2 N–H and O–H groups in total. The van der Waals surface area contributed by atoms with E-state index in [9.17, 15) is 4.79 Å². The molecule has 0 bridgehead atoms. The molecule has 1 aromatic rings. The van der Waals surface area contributed by atoms with Gasteiger partial charge >= 0.3 is 5.97 Å². The van der Waals surface area contributed by atoms with Crippen LogP contribution in [-0.4, -0.2) is 13.1 Å². The van der Waals surface area contributed by atoms with Gasteiger partial charge in [0.1, 0.15) is 0 Å². The van der Waals surface area contributed by atoms with Crippen LogP contribution in [0.15, 0.2) is 18.2 Å². The number of carbonyl (C=O) groups excluding carboxylic acids is 1. The van der Waals surface area contributed by atoms with E-state index in [-0.39, 0.29) is 5.97 Å². The normalized spacial score (nSPS) is 13.3. The monoisotopic (exact) mass is 255 g/mol. The van der Waals surface area contributed by atoms with Crippen molar-refractivity contribution in [3.8, 4) is 0 Å². The first-order valence-corrected chi connectivity index (χ1v) is 5.79. The summed E-state index contributed by atoms with van der Waals surface area (Å²) in [5.74, 6) is -0.343. The summed E-state index contributed by atoms with van der Waals surface area (Å²) in [7, 11) is 1.36. The average Bonchev–Trinajstić information content (AvgIpc) is 2.27. The van der Waals surface area contributed by atoms with E-state index in [1.807, 2.05) is 19.1 Å². The van der Waals surface area contributed by atoms with Crippen LogP contribution >= 0.6 is 11.6 Å². The third-order valence-corrected chi connectivity index (χ3v) is 3.40. The predicted octanol–water partition coefficient (Wildman–Crippen LogP) is 2.85. The van der Waals surface area contributed by atoms with E-state index in [1.165, 1.54) is 7.11 Å². The Balaban J connectivity index is 3.21. The molecule has 0 unspecified atom stereocenters. The molecule has 94 valence electrons. The largest absolute Gasteiger partial charge is 0.469 e. The number of hydrogen-bond donors (Lipinski definition) is 1. The molecule has 0 saturated heterocycles. The fourth-order valence-electron chi connectivity index (χ4n) is 1.79. The Bertz CT molecular complexity index is 409. The summed E-state index contributed by atoms with van der Waals surface area (Å²) in [6.07, 6.45) is 0. The highest BCUT2D eigenvalue weighted by atomic mass is 35.5. The number of halogens is 1. The van der Waals surface area contributed by atoms with Gasteiger partial charge in [-0.2, -0.15) is 0 Å². The summed E-state index contributed by atoms with van der Waals surface area (Å²) in [6.45, 7) is 5.44. The third-order valence-electron chi connectivity index (χ3n) is 3.07. The smallest absolute Gasteiger partial charge is 0.313 e. The van der Waals surface area contributed by atoms with Crippen molar-refractivity contribution in [1.82, 2.24) is 0 Å². The molecule has 0 saturated carbocycles. The van der Waals surface area contributed by atoms with Crippen LogP contribution in [0.25, 0.3) is 0 Å². The second-order valence-corrected chi connectivity index (χ2v) is 5.07. The number of rotatable bonds is 3. The SMILES string of the molecule is COC(=O)C(C)(C)[C@H](N)c1c(C)cccc1Cl. The van der Waals surface area contributed by atoms with Crippen LogP contribution in [0.3, 0.4) is 0 Å². The summed E-state index contributed by atoms with van der Waals surface area (Å²) in [5, 5.41) is 0.578. The van der Waals surface area contributed by atoms with Crippen LogP contribution < -0.4 is 5.73 Å². The maximum Gasteiger partial charge on any atom is 0.313 e. The van der Waals surface area contributed by atoms with Gasteiger partial charge in [-0.05, 0) is 38.0 Å². The summed E-state index contributed by atoms with van der Waals surface area (Å²) in [4.78, 5) is 11.7. The molecule has 0 spiro atoms. The van der Waals surface area contributed by atoms with Crippen molar-refractivity contribution in [2.75, 3.05) is 7.11 Å². The first-order valence-electron chi connectivity index (χ1n) is 5.41. The molecular formula is C13H18ClNO2. The predicted molar refractivity (Wildman–Crippen MR) is 68.9 cm³/mol. The van der Waals surface area contributed by atoms with E-state index in [1.54, 1.807) is 19.9 Å². The fourth-order valence-corrected chi connectivity index (χ4v) is 2.13. The average molecular weight is 256 g/mol. The zero-order valence-electron chi connectivity index (χ0n) is 10.6. The van der Waals surface area contributed by atoms with Gasteiger partial charge in [-0.25, -0.2) is 0 Å². The number of ether oxygens (including phenoxy) is 1. The molecule has 4 heteroatoms. The van der Waals surface area contributed by atoms with E-state index in [0.29, 0.717) is 5.02 Å². The van der Waals surface area contributed by atoms with E-state index in [2.05, 4.69) is 0 Å². The van der Waals surface area contributed by atoms with Gasteiger partial charge in [0.25, 0.3) is 0 Å². The summed E-state index contributed by atoms with van der Waals surface area (Å²) in [5.41, 5.74) is 7.12. The Labute approximate surface area is 107 Å². The van der Waals surface area contributed by atoms with Crippen LogP contribution in [0.5, 0.6) is 0 Å². The van der Waals surface area contributed by atoms with E-state index < -0.39 is 11.5 Å². The summed E-state index contributed by atoms with van der Waals surface area (Å²) < 4.78 is 4.78. The lowest BCUT2D eigenvalue weighted by Gasteiger charge is -2.30.